The molecule has 0 aromatic heterocycles. The van der Waals surface area contributed by atoms with Crippen LogP contribution in [0.3, 0.4) is 0 Å². The number of nitrogens with one attached hydrogen (secondary N) is 2. The molecule has 1 aliphatic heterocycles. The molecule has 0 bridgehead atoms. The molecule has 38 heavy (non-hydrogen) atoms. The average Bonchev–Trinajstić information content (AvgIpc) is 3.40. The largest absolute Gasteiger partial charge is 0.507 e. The molecule has 5 rings (SSSR count). The highest BCUT2D eigenvalue weighted by Crippen LogP contribution is 2.51. The summed E-state index contributed by atoms with van der Waals surface area (Å²) in [5, 5.41) is 28.5. The topological polar surface area (TPSA) is 153 Å². The minimum absolute atomic E-state index is 0.0698. The van der Waals surface area contributed by atoms with E-state index in [-0.39, 0.29) is 23.8 Å². The van der Waals surface area contributed by atoms with E-state index in [1.165, 1.54) is 11.9 Å². The van der Waals surface area contributed by atoms with Crippen molar-refractivity contribution in [2.24, 2.45) is 23.7 Å². The molecule has 0 radical (unpaired) electrons. The minimum atomic E-state index is -2.66. The second-order valence-electron chi connectivity index (χ2n) is 11.3. The summed E-state index contributed by atoms with van der Waals surface area (Å²) in [6.07, 6.45) is 2.94. The van der Waals surface area contributed by atoms with Gasteiger partial charge in [-0.3, -0.25) is 28.9 Å². The second-order valence-corrected chi connectivity index (χ2v) is 11.3. The first kappa shape index (κ1) is 26.6. The summed E-state index contributed by atoms with van der Waals surface area (Å²) in [6, 6.07) is 0.618. The number of fused-ring (bicyclic) bond motifs is 3. The van der Waals surface area contributed by atoms with E-state index in [9.17, 15) is 34.2 Å². The number of likely N-dealkylation sites (N-methyl/N-ethyl adjacent to an activating group) is 1. The van der Waals surface area contributed by atoms with Crippen molar-refractivity contribution in [1.82, 2.24) is 15.5 Å². The number of Topliss-reactive ketones (excluding diaryl/α,β-unsaturated/α-hetero) is 4. The lowest BCUT2D eigenvalue weighted by Crippen LogP contribution is -2.74. The second kappa shape index (κ2) is 9.36. The minimum Gasteiger partial charge on any atom is -0.507 e. The Hall–Kier alpha value is -2.95. The maximum absolute atomic E-state index is 14.0. The highest BCUT2D eigenvalue weighted by atomic mass is 16.3. The van der Waals surface area contributed by atoms with E-state index < -0.39 is 64.4 Å². The van der Waals surface area contributed by atoms with E-state index in [1.807, 2.05) is 6.92 Å². The zero-order chi connectivity index (χ0) is 27.7. The van der Waals surface area contributed by atoms with Gasteiger partial charge < -0.3 is 20.8 Å². The van der Waals surface area contributed by atoms with Crippen molar-refractivity contribution in [1.29, 1.82) is 0 Å². The van der Waals surface area contributed by atoms with Gasteiger partial charge in [0.05, 0.1) is 17.5 Å². The maximum Gasteiger partial charge on any atom is 0.238 e. The van der Waals surface area contributed by atoms with Crippen LogP contribution in [0.4, 0.5) is 0 Å². The maximum atomic E-state index is 14.0. The van der Waals surface area contributed by atoms with Crippen LogP contribution < -0.4 is 10.6 Å². The first-order valence-corrected chi connectivity index (χ1v) is 13.4. The normalized spacial score (nSPS) is 34.7. The van der Waals surface area contributed by atoms with Gasteiger partial charge in [0, 0.05) is 19.0 Å². The molecule has 204 valence electrons. The lowest BCUT2D eigenvalue weighted by molar-refractivity contribution is -0.181. The Balaban J connectivity index is 1.63. The number of aliphatic hydroxyl groups is 1. The van der Waals surface area contributed by atoms with Crippen molar-refractivity contribution in [3.63, 3.8) is 0 Å². The fraction of sp³-hybridized carbons (Fsp3) is 0.607. The molecule has 1 aromatic rings. The zero-order valence-electron chi connectivity index (χ0n) is 22.2. The number of rotatable bonds is 4. The molecule has 1 heterocycles. The lowest BCUT2D eigenvalue weighted by Gasteiger charge is -2.52. The molecule has 2 saturated carbocycles. The smallest absolute Gasteiger partial charge is 0.238 e. The summed E-state index contributed by atoms with van der Waals surface area (Å²) < 4.78 is 0. The van der Waals surface area contributed by atoms with Gasteiger partial charge in [-0.25, -0.2) is 0 Å². The summed E-state index contributed by atoms with van der Waals surface area (Å²) in [4.78, 5) is 68.8. The van der Waals surface area contributed by atoms with E-state index in [2.05, 4.69) is 10.6 Å². The number of phenolic OH excluding ortho intramolecular Hbond substituents is 1. The third kappa shape index (κ3) is 3.53. The van der Waals surface area contributed by atoms with Gasteiger partial charge in [0.1, 0.15) is 5.75 Å². The van der Waals surface area contributed by atoms with Crippen LogP contribution in [0.25, 0.3) is 0 Å². The Morgan fingerprint density at radius 1 is 1.21 bits per heavy atom. The van der Waals surface area contributed by atoms with Gasteiger partial charge in [-0.05, 0) is 81.4 Å². The number of hydrogen-bond acceptors (Lipinski definition) is 9. The van der Waals surface area contributed by atoms with Crippen LogP contribution in [-0.2, 0) is 32.0 Å². The molecule has 1 saturated heterocycles. The number of carbonyl (C=O) groups is 5. The van der Waals surface area contributed by atoms with Gasteiger partial charge in [-0.1, -0.05) is 6.92 Å². The highest BCUT2D eigenvalue weighted by Gasteiger charge is 2.69. The monoisotopic (exact) mass is 525 g/mol. The molecular formula is C28H35N3O7. The van der Waals surface area contributed by atoms with Gasteiger partial charge in [0.15, 0.2) is 34.7 Å². The van der Waals surface area contributed by atoms with Gasteiger partial charge in [-0.2, -0.15) is 0 Å². The van der Waals surface area contributed by atoms with Crippen LogP contribution in [0.1, 0.15) is 59.3 Å². The molecule has 3 fully saturated rings. The summed E-state index contributed by atoms with van der Waals surface area (Å²) in [7, 11) is 4.48. The Labute approximate surface area is 221 Å². The molecule has 4 N–H and O–H groups in total. The molecule has 7 unspecified atom stereocenters. The van der Waals surface area contributed by atoms with E-state index >= 15 is 0 Å². The molecule has 10 nitrogen and oxygen atoms in total. The number of phenols is 1. The Morgan fingerprint density at radius 2 is 1.92 bits per heavy atom. The number of ketones is 4. The predicted octanol–water partition coefficient (Wildman–Crippen LogP) is 0.115. The fourth-order valence-electron chi connectivity index (χ4n) is 7.57. The SMILES string of the molecule is CCc1c(C2CCCN2)cc(O)c2c1CC1CC3C(N(C)C)C(=O)C(C(=O)NC)C(=O)C3(O)C(=O)C1C2=O. The van der Waals surface area contributed by atoms with Crippen molar-refractivity contribution < 1.29 is 34.2 Å². The summed E-state index contributed by atoms with van der Waals surface area (Å²) >= 11 is 0. The molecule has 4 aliphatic rings. The number of aromatic hydroxyl groups is 1. The van der Waals surface area contributed by atoms with Gasteiger partial charge >= 0.3 is 0 Å². The summed E-state index contributed by atoms with van der Waals surface area (Å²) in [6.45, 7) is 2.86. The van der Waals surface area contributed by atoms with Crippen molar-refractivity contribution >= 4 is 29.0 Å². The van der Waals surface area contributed by atoms with E-state index in [1.54, 1.807) is 20.2 Å². The number of nitrogens with zero attached hydrogens (tertiary/aromatic N) is 1. The van der Waals surface area contributed by atoms with Crippen molar-refractivity contribution in [2.75, 3.05) is 27.7 Å². The third-order valence-electron chi connectivity index (χ3n) is 9.23. The van der Waals surface area contributed by atoms with Crippen LogP contribution in [-0.4, -0.2) is 83.5 Å². The number of carbonyl (C=O) groups excluding carboxylic acids is 5. The first-order chi connectivity index (χ1) is 18.0. The summed E-state index contributed by atoms with van der Waals surface area (Å²) in [5.41, 5.74) is 0.0432. The van der Waals surface area contributed by atoms with Crippen molar-refractivity contribution in [2.45, 2.75) is 56.7 Å². The number of hydrogen-bond donors (Lipinski definition) is 4. The summed E-state index contributed by atoms with van der Waals surface area (Å²) in [5.74, 6) is -9.37. The van der Waals surface area contributed by atoms with Crippen LogP contribution in [0.5, 0.6) is 5.75 Å². The fourth-order valence-corrected chi connectivity index (χ4v) is 7.57. The van der Waals surface area contributed by atoms with Crippen molar-refractivity contribution in [3.05, 3.63) is 28.3 Å². The molecule has 1 amide bonds. The quantitative estimate of drug-likeness (QED) is 0.401. The van der Waals surface area contributed by atoms with Crippen LogP contribution in [0.2, 0.25) is 0 Å². The number of benzene rings is 1. The molecule has 0 spiro atoms. The van der Waals surface area contributed by atoms with Crippen molar-refractivity contribution in [3.8, 4) is 5.75 Å². The first-order valence-electron chi connectivity index (χ1n) is 13.4. The van der Waals surface area contributed by atoms with Crippen LogP contribution >= 0.6 is 0 Å². The van der Waals surface area contributed by atoms with Crippen LogP contribution in [0.15, 0.2) is 6.07 Å². The molecule has 1 aromatic carbocycles. The van der Waals surface area contributed by atoms with Gasteiger partial charge in [0.25, 0.3) is 0 Å². The molecule has 10 heteroatoms. The Bertz CT molecular complexity index is 1250. The third-order valence-corrected chi connectivity index (χ3v) is 9.23. The Kier molecular flexibility index (Phi) is 6.56. The molecule has 3 aliphatic carbocycles. The lowest BCUT2D eigenvalue weighted by atomic mass is 9.52. The number of amides is 1. The molecule has 7 atom stereocenters. The van der Waals surface area contributed by atoms with E-state index in [4.69, 9.17) is 0 Å². The zero-order valence-corrected chi connectivity index (χ0v) is 22.2. The Morgan fingerprint density at radius 3 is 2.50 bits per heavy atom. The van der Waals surface area contributed by atoms with E-state index in [0.717, 1.165) is 30.5 Å². The standard InChI is InChI=1S/C28H35N3O7/c1-5-13-14(17-7-6-8-30-17)11-18(32)20-15(13)9-12-10-16-22(31(3)4)24(34)21(27(37)29-2)26(36)28(16,38)25(35)19(12)23(20)33/h11-12,16-17,19,21-22,30,32,38H,5-10H2,1-4H3,(H,29,37). The predicted molar refractivity (Wildman–Crippen MR) is 136 cm³/mol. The van der Waals surface area contributed by atoms with E-state index in [0.29, 0.717) is 18.4 Å². The highest BCUT2D eigenvalue weighted by molar-refractivity contribution is 6.32. The molecular weight excluding hydrogens is 490 g/mol. The van der Waals surface area contributed by atoms with Crippen LogP contribution in [0, 0.1) is 23.7 Å². The van der Waals surface area contributed by atoms with Gasteiger partial charge in [-0.15, -0.1) is 0 Å². The average molecular weight is 526 g/mol. The van der Waals surface area contributed by atoms with Gasteiger partial charge in [0.2, 0.25) is 5.91 Å².